The number of pyridine rings is 2. The number of halogens is 4. The predicted molar refractivity (Wildman–Crippen MR) is 550 cm³/mol. The molecule has 8 unspecified atom stereocenters. The molecule has 10 aromatic rings. The Balaban J connectivity index is 0.000000866. The maximum absolute atomic E-state index is 15.3. The minimum atomic E-state index is -0.816. The SMILES string of the molecule is C.C.C1CCCC1.C1CCCC1.CC1CC(C)C(C)C1C.Cc1cc(C2C(C)C(C)C(C)C2C)cc(C)c1C1=CN(c2c(C)cc(F)c3c2oc2ccccc23)[C@H](C)N1C.[C-]#[N+]c1c(F)cc(C)c(-c2cc(C)c(-c3c(C)cc(C4CCCC4)cc3C)c[n+]2C)c1F.[C-]#[N+]c1cc(-c2cc(C)c(-c3c(C)cc(C4CCCC4)cc3C)c[n+]2C)c(C)cc1F.[CH3-].[CH3-].[CH3-].[CH3-].[CH3-].[CH3-].[Os+2].[Os+2].[Os+2]. The molecular weight excluding hydrogens is 2160 g/mol. The molecule has 6 saturated carbocycles. The molecule has 14 heteroatoms. The van der Waals surface area contributed by atoms with E-state index in [9.17, 15) is 8.78 Å². The number of fused-ring (bicyclic) bond motifs is 3. The van der Waals surface area contributed by atoms with E-state index in [1.807, 2.05) is 76.0 Å². The second kappa shape index (κ2) is 53.3. The average Bonchev–Trinajstić information content (AvgIpc) is 1.56. The second-order valence-electron chi connectivity index (χ2n) is 38.2. The summed E-state index contributed by atoms with van der Waals surface area (Å²) >= 11 is 0. The van der Waals surface area contributed by atoms with Gasteiger partial charge in [0.25, 0.3) is 5.69 Å². The molecule has 17 rings (SSSR count). The van der Waals surface area contributed by atoms with E-state index >= 15 is 8.78 Å². The third-order valence-corrected chi connectivity index (χ3v) is 30.0. The molecule has 7 aromatic carbocycles. The molecule has 132 heavy (non-hydrogen) atoms. The molecule has 7 aliphatic rings. The van der Waals surface area contributed by atoms with Crippen molar-refractivity contribution in [3.63, 3.8) is 0 Å². The maximum atomic E-state index is 15.3. The number of anilines is 1. The van der Waals surface area contributed by atoms with Crippen LogP contribution in [0.3, 0.4) is 0 Å². The molecular formula is C118H164F4N6OOs3+2. The van der Waals surface area contributed by atoms with Gasteiger partial charge >= 0.3 is 59.4 Å². The molecule has 0 saturated heterocycles. The van der Waals surface area contributed by atoms with Gasteiger partial charge in [-0.05, 0) is 300 Å². The summed E-state index contributed by atoms with van der Waals surface area (Å²) in [6, 6.07) is 32.1. The van der Waals surface area contributed by atoms with Crippen molar-refractivity contribution in [3.8, 4) is 44.8 Å². The summed E-state index contributed by atoms with van der Waals surface area (Å²) in [5.74, 6) is 6.34. The van der Waals surface area contributed by atoms with E-state index in [2.05, 4.69) is 197 Å². The van der Waals surface area contributed by atoms with Crippen molar-refractivity contribution in [2.45, 2.75) is 299 Å². The molecule has 6 fully saturated rings. The Morgan fingerprint density at radius 3 is 1.20 bits per heavy atom. The third-order valence-electron chi connectivity index (χ3n) is 30.0. The van der Waals surface area contributed by atoms with Crippen LogP contribution in [-0.2, 0) is 73.5 Å². The van der Waals surface area contributed by atoms with E-state index < -0.39 is 23.1 Å². The molecule has 6 aliphatic carbocycles. The normalized spacial score (nSPS) is 20.1. The van der Waals surface area contributed by atoms with Crippen LogP contribution in [0, 0.1) is 204 Å². The van der Waals surface area contributed by atoms with Gasteiger partial charge in [-0.15, -0.1) is 0 Å². The van der Waals surface area contributed by atoms with E-state index in [1.165, 1.54) is 218 Å². The zero-order valence-electron chi connectivity index (χ0n) is 84.5. The summed E-state index contributed by atoms with van der Waals surface area (Å²) < 4.78 is 68.7. The van der Waals surface area contributed by atoms with E-state index in [0.717, 1.165) is 80.1 Å². The summed E-state index contributed by atoms with van der Waals surface area (Å²) in [6.45, 7) is 58.9. The number of rotatable bonds is 9. The smallest absolute Gasteiger partial charge is 0.454 e. The van der Waals surface area contributed by atoms with Crippen LogP contribution in [-0.4, -0.2) is 18.1 Å². The van der Waals surface area contributed by atoms with E-state index in [-0.39, 0.29) is 142 Å². The Bertz CT molecular complexity index is 5450. The Hall–Kier alpha value is -7.41. The molecule has 0 radical (unpaired) electrons. The number of aryl methyl sites for hydroxylation is 13. The zero-order valence-corrected chi connectivity index (χ0v) is 92.1. The fraction of sp³-hybridized carbons (Fsp3) is 0.475. The molecule has 0 bridgehead atoms. The maximum Gasteiger partial charge on any atom is 2.00 e. The third kappa shape index (κ3) is 26.1. The first-order valence-electron chi connectivity index (χ1n) is 45.9. The van der Waals surface area contributed by atoms with Gasteiger partial charge in [0.15, 0.2) is 18.0 Å². The van der Waals surface area contributed by atoms with Crippen LogP contribution in [0.2, 0.25) is 0 Å². The van der Waals surface area contributed by atoms with Crippen LogP contribution in [0.25, 0.3) is 82.1 Å². The van der Waals surface area contributed by atoms with Gasteiger partial charge in [-0.2, -0.15) is 0 Å². The van der Waals surface area contributed by atoms with Crippen molar-refractivity contribution in [2.75, 3.05) is 11.9 Å². The Kier molecular flexibility index (Phi) is 49.5. The van der Waals surface area contributed by atoms with Gasteiger partial charge in [-0.3, -0.25) is 0 Å². The molecule has 0 spiro atoms. The predicted octanol–water partition coefficient (Wildman–Crippen LogP) is 35.2. The summed E-state index contributed by atoms with van der Waals surface area (Å²) in [5.41, 5.74) is 28.5. The number of nitrogens with zero attached hydrogens (tertiary/aromatic N) is 6. The van der Waals surface area contributed by atoms with Gasteiger partial charge in [0, 0.05) is 53.0 Å². The Morgan fingerprint density at radius 2 is 0.780 bits per heavy atom. The monoisotopic (exact) mass is 2330 g/mol. The quantitative estimate of drug-likeness (QED) is 0.0821. The fourth-order valence-corrected chi connectivity index (χ4v) is 22.1. The van der Waals surface area contributed by atoms with E-state index in [1.54, 1.807) is 19.1 Å². The number of furan rings is 1. The van der Waals surface area contributed by atoms with Gasteiger partial charge in [0.2, 0.25) is 17.1 Å². The molecule has 7 nitrogen and oxygen atoms in total. The van der Waals surface area contributed by atoms with Gasteiger partial charge in [-0.1, -0.05) is 215 Å². The van der Waals surface area contributed by atoms with Crippen LogP contribution in [0.1, 0.15) is 300 Å². The van der Waals surface area contributed by atoms with Gasteiger partial charge in [0.05, 0.1) is 35.5 Å². The minimum absolute atomic E-state index is 0. The topological polar surface area (TPSA) is 36.1 Å². The number of para-hydroxylation sites is 1. The molecule has 1 aliphatic heterocycles. The standard InChI is InChI=1S/C35H41FN2O.C28H29F2N2.C28H30FN2.C9H18.2C5H10.2CH4.6CH3.3Os/c1-18-14-26(32-23(6)21(4)22(5)24(32)7)15-19(2)31(18)29-17-38(25(8)37(29)9)34-20(3)16-28(36)33-27-12-10-11-13-30(27)39-35(33)34;1-16-14-24(26-19(4)13-23(29)28(31-5)27(26)30)32(6)15-22(16)25-17(2)11-21(12-18(25)3)20-9-7-8-10-20;1-17-13-25(29)26(30-5)15-23(17)27-14-18(2)24(16-31(27)6)28-19(3)11-22(12-20(28)4)21-9-7-8-10-21;1-6-5-7(2)9(4)8(6)3;2*1-2-4-5-3-1;;;;;;;;;;;/h10-17,21-25,32H,1-9H3;11-15,20H,7-10H2,1-4,6H3;11-16,21H,7-10H2,1-4,6H3;6-9H,5H2,1-4H3;2*1-5H2;2*1H4;6*1H3;;;/q;2*+1;;;;;;6*-1;3*+2/t21?,22?,23?,24?,25-,32?;;;;;;;;;;;;;;;;/m1................/s1. The zero-order chi connectivity index (χ0) is 87.4. The summed E-state index contributed by atoms with van der Waals surface area (Å²) in [6.07, 6.45) is 33.4. The summed E-state index contributed by atoms with van der Waals surface area (Å²) in [4.78, 5) is 11.0. The summed E-state index contributed by atoms with van der Waals surface area (Å²) in [5, 5.41) is 1.37. The second-order valence-corrected chi connectivity index (χ2v) is 38.2. The molecule has 9 atom stereocenters. The first-order valence-corrected chi connectivity index (χ1v) is 45.9. The van der Waals surface area contributed by atoms with Crippen LogP contribution in [0.5, 0.6) is 0 Å². The van der Waals surface area contributed by atoms with Crippen molar-refractivity contribution in [3.05, 3.63) is 290 Å². The minimum Gasteiger partial charge on any atom is -0.454 e. The molecule has 3 aromatic heterocycles. The summed E-state index contributed by atoms with van der Waals surface area (Å²) in [7, 11) is 6.05. The first-order chi connectivity index (χ1) is 57.6. The number of hydrogen-bond acceptors (Lipinski definition) is 3. The van der Waals surface area contributed by atoms with Crippen molar-refractivity contribution in [1.29, 1.82) is 0 Å². The van der Waals surface area contributed by atoms with Crippen molar-refractivity contribution < 1.29 is 90.5 Å². The number of benzene rings is 7. The van der Waals surface area contributed by atoms with Crippen LogP contribution in [0.4, 0.5) is 34.6 Å². The van der Waals surface area contributed by atoms with Gasteiger partial charge in [0.1, 0.15) is 49.1 Å². The van der Waals surface area contributed by atoms with Crippen molar-refractivity contribution in [1.82, 2.24) is 4.90 Å². The van der Waals surface area contributed by atoms with Crippen LogP contribution in [0.15, 0.2) is 120 Å². The van der Waals surface area contributed by atoms with Gasteiger partial charge in [-0.25, -0.2) is 36.4 Å². The average molecular weight is 2330 g/mol. The van der Waals surface area contributed by atoms with E-state index in [4.69, 9.17) is 17.6 Å². The molecule has 722 valence electrons. The first kappa shape index (κ1) is 123. The van der Waals surface area contributed by atoms with E-state index in [0.29, 0.717) is 57.4 Å². The Morgan fingerprint density at radius 1 is 0.402 bits per heavy atom. The molecule has 4 heterocycles. The fourth-order valence-electron chi connectivity index (χ4n) is 22.1. The van der Waals surface area contributed by atoms with Crippen molar-refractivity contribution >= 4 is 44.7 Å². The van der Waals surface area contributed by atoms with Crippen LogP contribution < -0.4 is 14.0 Å². The molecule has 0 amide bonds. The largest absolute Gasteiger partial charge is 2.00 e. The van der Waals surface area contributed by atoms with Gasteiger partial charge < -0.3 is 58.8 Å². The van der Waals surface area contributed by atoms with Crippen LogP contribution >= 0.6 is 0 Å². The number of aromatic nitrogens is 2. The molecule has 0 N–H and O–H groups in total. The van der Waals surface area contributed by atoms with Crippen molar-refractivity contribution in [2.24, 2.45) is 61.4 Å². The Labute approximate surface area is 840 Å². The number of hydrogen-bond donors (Lipinski definition) is 0.